The lowest BCUT2D eigenvalue weighted by Gasteiger charge is -2.16. The van der Waals surface area contributed by atoms with E-state index in [9.17, 15) is 64.9 Å². The number of ether oxygens (including phenoxy) is 1. The van der Waals surface area contributed by atoms with Crippen molar-refractivity contribution in [3.63, 3.8) is 0 Å². The molecular formula is C37H36N10O16S5. The summed E-state index contributed by atoms with van der Waals surface area (Å²) in [6.45, 7) is 2.53. The van der Waals surface area contributed by atoms with E-state index in [0.29, 0.717) is 23.0 Å². The third kappa shape index (κ3) is 13.9. The largest absolute Gasteiger partial charge is 0.491 e. The monoisotopic (exact) mass is 1040 g/mol. The number of benzene rings is 5. The maximum absolute atomic E-state index is 12.1. The van der Waals surface area contributed by atoms with Crippen molar-refractivity contribution in [3.8, 4) is 5.75 Å². The first-order valence-corrected chi connectivity index (χ1v) is 26.3. The van der Waals surface area contributed by atoms with Crippen LogP contribution < -0.4 is 20.7 Å². The SMILES string of the molecule is Cc1cc(Nc2nc(Nc3ccc(N=Nc4cccc(S(=O)(=O)O)c4)cc3OCCCS(=O)(=O)O)nc(NC(C)S(=O)(=O)O)n2)ccc1N=Nc1ccc2cc(S(=O)(=O)O)cc(S(=O)(=O)O)c2c1. The average molecular weight is 1040 g/mol. The minimum Gasteiger partial charge on any atom is -0.491 e. The summed E-state index contributed by atoms with van der Waals surface area (Å²) in [5, 5.41) is 23.0. The molecule has 31 heteroatoms. The molecule has 8 N–H and O–H groups in total. The molecule has 5 aromatic carbocycles. The van der Waals surface area contributed by atoms with Gasteiger partial charge >= 0.3 is 0 Å². The number of aromatic nitrogens is 3. The van der Waals surface area contributed by atoms with E-state index in [-0.39, 0.29) is 70.1 Å². The number of hydrogen-bond donors (Lipinski definition) is 8. The minimum atomic E-state index is -4.96. The predicted molar refractivity (Wildman–Crippen MR) is 243 cm³/mol. The van der Waals surface area contributed by atoms with Crippen molar-refractivity contribution in [1.82, 2.24) is 15.0 Å². The Morgan fingerprint density at radius 1 is 0.618 bits per heavy atom. The Labute approximate surface area is 387 Å². The summed E-state index contributed by atoms with van der Waals surface area (Å²) >= 11 is 0. The zero-order valence-corrected chi connectivity index (χ0v) is 38.8. The molecule has 1 unspecified atom stereocenters. The average Bonchev–Trinajstić information content (AvgIpc) is 3.22. The molecule has 360 valence electrons. The third-order valence-corrected chi connectivity index (χ3v) is 13.4. The molecule has 1 atom stereocenters. The fraction of sp³-hybridized carbons (Fsp3) is 0.162. The highest BCUT2D eigenvalue weighted by molar-refractivity contribution is 7.87. The number of fused-ring (bicyclic) bond motifs is 1. The standard InChI is InChI=1S/C37H36N10O16S5/c1-21-15-24(9-11-31(21)47-46-26-8-7-23-16-29(67(57,58)59)20-34(30(23)18-26)68(60,61)62)39-36-41-35(38-22(2)65(51,52)53)42-37(43-36)40-32-12-10-27(19-33(32)63-13-4-14-64(48,49)50)45-44-25-5-3-6-28(17-25)66(54,55)56/h3,5-12,15-20,22H,4,13-14H2,1-2H3,(H,48,49,50)(H,51,52,53)(H,54,55,56)(H,57,58,59)(H,60,61,62)(H3,38,39,40,41,42,43). The van der Waals surface area contributed by atoms with E-state index in [2.05, 4.69) is 51.4 Å². The van der Waals surface area contributed by atoms with Crippen LogP contribution in [0.2, 0.25) is 0 Å². The minimum absolute atomic E-state index is 0.00781. The van der Waals surface area contributed by atoms with Crippen molar-refractivity contribution in [2.45, 2.75) is 40.3 Å². The smallest absolute Gasteiger partial charge is 0.295 e. The molecule has 0 saturated heterocycles. The molecule has 0 spiro atoms. The maximum Gasteiger partial charge on any atom is 0.295 e. The van der Waals surface area contributed by atoms with Gasteiger partial charge in [0.15, 0.2) is 5.37 Å². The summed E-state index contributed by atoms with van der Waals surface area (Å²) in [5.74, 6) is -1.41. The molecule has 0 fully saturated rings. The Morgan fingerprint density at radius 3 is 1.87 bits per heavy atom. The summed E-state index contributed by atoms with van der Waals surface area (Å²) in [6, 6.07) is 19.4. The lowest BCUT2D eigenvalue weighted by Crippen LogP contribution is -2.27. The molecule has 0 bridgehead atoms. The first-order valence-electron chi connectivity index (χ1n) is 18.9. The van der Waals surface area contributed by atoms with Crippen molar-refractivity contribution in [3.05, 3.63) is 96.6 Å². The van der Waals surface area contributed by atoms with Gasteiger partial charge in [0.25, 0.3) is 50.6 Å². The Bertz CT molecular complexity index is 3580. The lowest BCUT2D eigenvalue weighted by molar-refractivity contribution is 0.317. The van der Waals surface area contributed by atoms with E-state index < -0.39 is 76.4 Å². The molecular weight excluding hydrogens is 1000 g/mol. The van der Waals surface area contributed by atoms with Crippen LogP contribution in [0.25, 0.3) is 10.8 Å². The second kappa shape index (κ2) is 19.9. The molecule has 6 aromatic rings. The van der Waals surface area contributed by atoms with Crippen LogP contribution in [0.4, 0.5) is 52.0 Å². The van der Waals surface area contributed by atoms with Gasteiger partial charge in [-0.3, -0.25) is 22.8 Å². The molecule has 26 nitrogen and oxygen atoms in total. The summed E-state index contributed by atoms with van der Waals surface area (Å²) in [6.07, 6.45) is -0.155. The first kappa shape index (κ1) is 50.7. The van der Waals surface area contributed by atoms with Crippen LogP contribution in [0.15, 0.2) is 126 Å². The van der Waals surface area contributed by atoms with E-state index in [1.807, 2.05) is 0 Å². The highest BCUT2D eigenvalue weighted by Gasteiger charge is 2.22. The molecule has 0 aliphatic heterocycles. The molecule has 0 aliphatic carbocycles. The van der Waals surface area contributed by atoms with Crippen molar-refractivity contribution < 1.29 is 69.6 Å². The number of nitrogens with one attached hydrogen (secondary N) is 3. The van der Waals surface area contributed by atoms with E-state index >= 15 is 0 Å². The van der Waals surface area contributed by atoms with E-state index in [4.69, 9.17) is 4.74 Å². The Morgan fingerprint density at radius 2 is 1.24 bits per heavy atom. The Hall–Kier alpha value is -6.68. The normalized spacial score (nSPS) is 13.2. The zero-order chi connectivity index (χ0) is 49.8. The molecule has 0 saturated carbocycles. The van der Waals surface area contributed by atoms with E-state index in [1.165, 1.54) is 60.7 Å². The van der Waals surface area contributed by atoms with Gasteiger partial charge < -0.3 is 20.7 Å². The van der Waals surface area contributed by atoms with Crippen molar-refractivity contribution >= 4 is 113 Å². The first-order chi connectivity index (χ1) is 31.6. The highest BCUT2D eigenvalue weighted by atomic mass is 32.2. The van der Waals surface area contributed by atoms with Crippen LogP contribution in [0.5, 0.6) is 5.75 Å². The van der Waals surface area contributed by atoms with Gasteiger partial charge in [-0.1, -0.05) is 12.1 Å². The maximum atomic E-state index is 12.1. The number of azo groups is 2. The third-order valence-electron chi connectivity index (χ3n) is 9.00. The van der Waals surface area contributed by atoms with E-state index in [0.717, 1.165) is 25.1 Å². The molecule has 0 radical (unpaired) electrons. The van der Waals surface area contributed by atoms with Crippen LogP contribution in [0.3, 0.4) is 0 Å². The molecule has 0 amide bonds. The fourth-order valence-electron chi connectivity index (χ4n) is 5.77. The van der Waals surface area contributed by atoms with Crippen molar-refractivity contribution in [2.75, 3.05) is 28.3 Å². The van der Waals surface area contributed by atoms with Gasteiger partial charge in [-0.05, 0) is 104 Å². The molecule has 6 rings (SSSR count). The van der Waals surface area contributed by atoms with Crippen LogP contribution >= 0.6 is 0 Å². The number of nitrogens with zero attached hydrogens (tertiary/aromatic N) is 7. The lowest BCUT2D eigenvalue weighted by atomic mass is 10.1. The second-order valence-electron chi connectivity index (χ2n) is 14.2. The van der Waals surface area contributed by atoms with Gasteiger partial charge in [-0.25, -0.2) is 0 Å². The van der Waals surface area contributed by atoms with Gasteiger partial charge in [0.05, 0.1) is 50.6 Å². The van der Waals surface area contributed by atoms with Crippen LogP contribution in [0, 0.1) is 6.92 Å². The summed E-state index contributed by atoms with van der Waals surface area (Å²) < 4.78 is 171. The van der Waals surface area contributed by atoms with Crippen molar-refractivity contribution in [1.29, 1.82) is 0 Å². The highest BCUT2D eigenvalue weighted by Crippen LogP contribution is 2.35. The van der Waals surface area contributed by atoms with Crippen LogP contribution in [-0.2, 0) is 50.6 Å². The van der Waals surface area contributed by atoms with E-state index in [1.54, 1.807) is 13.0 Å². The summed E-state index contributed by atoms with van der Waals surface area (Å²) in [7, 11) is -23.3. The van der Waals surface area contributed by atoms with Gasteiger partial charge in [0.1, 0.15) is 10.6 Å². The van der Waals surface area contributed by atoms with Crippen molar-refractivity contribution in [2.24, 2.45) is 20.5 Å². The van der Waals surface area contributed by atoms with Crippen LogP contribution in [-0.4, -0.2) is 97.5 Å². The predicted octanol–water partition coefficient (Wildman–Crippen LogP) is 6.69. The van der Waals surface area contributed by atoms with Gasteiger partial charge in [-0.15, -0.1) is 0 Å². The van der Waals surface area contributed by atoms with Crippen LogP contribution in [0.1, 0.15) is 18.9 Å². The topological polar surface area (TPSA) is 405 Å². The number of hydrogen-bond acceptors (Lipinski definition) is 21. The molecule has 1 aromatic heterocycles. The van der Waals surface area contributed by atoms with Gasteiger partial charge in [-0.2, -0.15) is 77.5 Å². The summed E-state index contributed by atoms with van der Waals surface area (Å²) in [4.78, 5) is 10.8. The number of aryl methyl sites for hydroxylation is 1. The fourth-order valence-corrected chi connectivity index (χ4v) is 8.37. The molecule has 68 heavy (non-hydrogen) atoms. The van der Waals surface area contributed by atoms with Gasteiger partial charge in [0, 0.05) is 17.1 Å². The van der Waals surface area contributed by atoms with Gasteiger partial charge in [0.2, 0.25) is 17.8 Å². The quantitative estimate of drug-likeness (QED) is 0.0238. The Kier molecular flexibility index (Phi) is 14.8. The number of anilines is 5. The summed E-state index contributed by atoms with van der Waals surface area (Å²) in [5.41, 5.74) is 1.60. The number of rotatable bonds is 19. The molecule has 0 aliphatic rings. The molecule has 1 heterocycles. The zero-order valence-electron chi connectivity index (χ0n) is 34.8. The second-order valence-corrected chi connectivity index (χ2v) is 21.7. The Balaban J connectivity index is 1.29.